The Bertz CT molecular complexity index is 9.61. The molecule has 0 spiro atoms. The summed E-state index contributed by atoms with van der Waals surface area (Å²) in [5, 5.41) is 0. The van der Waals surface area contributed by atoms with Crippen LogP contribution in [0.4, 0.5) is 0 Å². The molecule has 0 fully saturated rings. The minimum atomic E-state index is -0.931. The van der Waals surface area contributed by atoms with Crippen molar-refractivity contribution in [3.05, 3.63) is 0 Å². The van der Waals surface area contributed by atoms with E-state index >= 15 is 0 Å². The van der Waals surface area contributed by atoms with Gasteiger partial charge in [-0.3, -0.25) is 0 Å². The van der Waals surface area contributed by atoms with Crippen molar-refractivity contribution in [3.63, 3.8) is 0 Å². The molecule has 0 aliphatic heterocycles. The summed E-state index contributed by atoms with van der Waals surface area (Å²) in [5.74, 6) is 0. The molecule has 0 aromatic heterocycles. The number of halogens is 2. The van der Waals surface area contributed by atoms with Crippen LogP contribution in [0.5, 0.6) is 0 Å². The number of hydrogen-bond donors (Lipinski definition) is 0. The summed E-state index contributed by atoms with van der Waals surface area (Å²) in [4.78, 5) is 0. The summed E-state index contributed by atoms with van der Waals surface area (Å²) in [6.45, 7) is 0. The molecule has 0 aliphatic rings. The molecule has 0 unspecified atom stereocenters. The average Bonchev–Trinajstić information content (AvgIpc) is 0.918. The Kier molecular flexibility index (Phi) is 49.4. The van der Waals surface area contributed by atoms with Crippen LogP contribution in [0.3, 0.4) is 0 Å². The third kappa shape index (κ3) is 18.7. The fourth-order valence-electron chi connectivity index (χ4n) is 0. The van der Waals surface area contributed by atoms with E-state index in [0.717, 1.165) is 0 Å². The molecular weight excluding hydrogens is 264 g/mol. The van der Waals surface area contributed by atoms with E-state index < -0.39 is 30.8 Å². The molecule has 28 valence electrons. The van der Waals surface area contributed by atoms with Crippen LogP contribution in [0.15, 0.2) is 0 Å². The maximum absolute atomic E-state index is 4.95. The first-order chi connectivity index (χ1) is 1.41. The van der Waals surface area contributed by atoms with Gasteiger partial charge in [0.05, 0.1) is 0 Å². The molecular formula is H4BaCaCl2O. The quantitative estimate of drug-likeness (QED) is 0.518. The summed E-state index contributed by atoms with van der Waals surface area (Å²) < 4.78 is 0. The molecule has 0 aromatic rings. The second-order valence-corrected chi connectivity index (χ2v) is 3.75. The molecule has 0 heterocycles. The van der Waals surface area contributed by atoms with Crippen molar-refractivity contribution in [3.8, 4) is 0 Å². The number of rotatable bonds is 0. The normalized spacial score (nSPS) is 2.00. The third-order valence-electron chi connectivity index (χ3n) is 0. The van der Waals surface area contributed by atoms with Crippen LogP contribution in [0.1, 0.15) is 0 Å². The topological polar surface area (TPSA) is 31.5 Å². The second kappa shape index (κ2) is 15.7. The number of hydrogen-bond acceptors (Lipinski definition) is 0. The van der Waals surface area contributed by atoms with Gasteiger partial charge in [-0.1, -0.05) is 0 Å². The van der Waals surface area contributed by atoms with Gasteiger partial charge in [0.25, 0.3) is 0 Å². The predicted molar refractivity (Wildman–Crippen MR) is 29.6 cm³/mol. The van der Waals surface area contributed by atoms with Gasteiger partial charge in [0, 0.05) is 0 Å². The Balaban J connectivity index is -0.0000000200. The van der Waals surface area contributed by atoms with Crippen molar-refractivity contribution >= 4 is 92.5 Å². The van der Waals surface area contributed by atoms with Crippen LogP contribution in [0.25, 0.3) is 0 Å². The summed E-state index contributed by atoms with van der Waals surface area (Å²) in [5.41, 5.74) is 0. The molecule has 0 saturated heterocycles. The zero-order valence-electron chi connectivity index (χ0n) is 1.96. The van der Waals surface area contributed by atoms with Gasteiger partial charge in [-0.15, -0.1) is 0 Å². The molecule has 0 radical (unpaired) electrons. The fraction of sp³-hybridized carbons (Fsp3) is 0. The average molecular weight is 268 g/mol. The standard InChI is InChI=1S/Ba.Ca.2ClH.H2O.2H/h;;2*1H;1H2;;/q;+2;;;;;/p-2. The Hall–Kier alpha value is 3.37. The maximum atomic E-state index is 4.95. The molecule has 0 aliphatic carbocycles. The van der Waals surface area contributed by atoms with Gasteiger partial charge >= 0.3 is 92.5 Å². The van der Waals surface area contributed by atoms with E-state index in [1.807, 2.05) is 0 Å². The van der Waals surface area contributed by atoms with E-state index in [9.17, 15) is 0 Å². The zero-order valence-corrected chi connectivity index (χ0v) is 5.68. The van der Waals surface area contributed by atoms with Gasteiger partial charge in [-0.25, -0.2) is 0 Å². The Labute approximate surface area is 94.9 Å². The van der Waals surface area contributed by atoms with Crippen molar-refractivity contribution in [2.75, 3.05) is 0 Å². The summed E-state index contributed by atoms with van der Waals surface area (Å²) in [6, 6.07) is 0. The van der Waals surface area contributed by atoms with E-state index in [2.05, 4.69) is 0 Å². The van der Waals surface area contributed by atoms with Gasteiger partial charge < -0.3 is 5.48 Å². The van der Waals surface area contributed by atoms with Crippen LogP contribution in [0, 0.1) is 0 Å². The molecule has 0 saturated carbocycles. The monoisotopic (exact) mass is 268 g/mol. The first-order valence-corrected chi connectivity index (χ1v) is 6.61. The van der Waals surface area contributed by atoms with Gasteiger partial charge in [-0.2, -0.15) is 0 Å². The van der Waals surface area contributed by atoms with Crippen molar-refractivity contribution in [2.45, 2.75) is 0 Å². The SMILES string of the molecule is O.[BaH2].[Cl][Ca][Cl]. The summed E-state index contributed by atoms with van der Waals surface area (Å²) in [6.07, 6.45) is 9.90. The molecule has 0 atom stereocenters. The van der Waals surface area contributed by atoms with Crippen LogP contribution in [-0.2, 0) is 0 Å². The second-order valence-electron chi connectivity index (χ2n) is 0.101. The molecule has 2 N–H and O–H groups in total. The predicted octanol–water partition coefficient (Wildman–Crippen LogP) is -0.743. The Morgan fingerprint density at radius 2 is 1.20 bits per heavy atom. The Morgan fingerprint density at radius 3 is 1.20 bits per heavy atom. The molecule has 5 heteroatoms. The minimum absolute atomic E-state index is 0. The van der Waals surface area contributed by atoms with E-state index in [1.54, 1.807) is 0 Å². The van der Waals surface area contributed by atoms with E-state index in [0.29, 0.717) is 0 Å². The van der Waals surface area contributed by atoms with Gasteiger partial charge in [-0.05, 0) is 0 Å². The summed E-state index contributed by atoms with van der Waals surface area (Å²) >= 11 is -0.931. The van der Waals surface area contributed by atoms with Gasteiger partial charge in [0.15, 0.2) is 0 Å². The van der Waals surface area contributed by atoms with Crippen molar-refractivity contribution in [1.82, 2.24) is 0 Å². The third-order valence-corrected chi connectivity index (χ3v) is 0. The van der Waals surface area contributed by atoms with Crippen LogP contribution >= 0.6 is 12.8 Å². The van der Waals surface area contributed by atoms with Gasteiger partial charge in [0.2, 0.25) is 0 Å². The molecule has 0 rings (SSSR count). The molecule has 1 nitrogen and oxygen atoms in total. The first kappa shape index (κ1) is 15.8. The molecule has 0 bridgehead atoms. The van der Waals surface area contributed by atoms with Crippen molar-refractivity contribution < 1.29 is 5.48 Å². The molecule has 0 amide bonds. The van der Waals surface area contributed by atoms with Gasteiger partial charge in [0.1, 0.15) is 0 Å². The van der Waals surface area contributed by atoms with Crippen LogP contribution in [-0.4, -0.2) is 85.2 Å². The zero-order chi connectivity index (χ0) is 2.71. The van der Waals surface area contributed by atoms with E-state index in [4.69, 9.17) is 12.8 Å². The summed E-state index contributed by atoms with van der Waals surface area (Å²) in [7, 11) is 0. The van der Waals surface area contributed by atoms with Crippen molar-refractivity contribution in [2.24, 2.45) is 0 Å². The Morgan fingerprint density at radius 1 is 1.20 bits per heavy atom. The molecule has 5 heavy (non-hydrogen) atoms. The van der Waals surface area contributed by atoms with E-state index in [-0.39, 0.29) is 54.4 Å². The first-order valence-electron chi connectivity index (χ1n) is 0.535. The van der Waals surface area contributed by atoms with Crippen LogP contribution in [0.2, 0.25) is 0 Å². The van der Waals surface area contributed by atoms with Crippen LogP contribution < -0.4 is 0 Å². The fourth-order valence-corrected chi connectivity index (χ4v) is 0. The van der Waals surface area contributed by atoms with Crippen molar-refractivity contribution in [1.29, 1.82) is 0 Å². The van der Waals surface area contributed by atoms with E-state index in [1.165, 1.54) is 0 Å². The molecule has 0 aromatic carbocycles.